The number of oxazole rings is 1. The summed E-state index contributed by atoms with van der Waals surface area (Å²) in [6, 6.07) is 14.6. The van der Waals surface area contributed by atoms with E-state index in [2.05, 4.69) is 20.5 Å². The molecule has 13 heteroatoms. The maximum Gasteiger partial charge on any atom is 0.265 e. The molecular formula is C23H17N5O4S4. The minimum atomic E-state index is -0.347. The third kappa shape index (κ3) is 5.75. The van der Waals surface area contributed by atoms with Crippen molar-refractivity contribution in [3.63, 3.8) is 0 Å². The third-order valence-corrected chi connectivity index (χ3v) is 8.19. The summed E-state index contributed by atoms with van der Waals surface area (Å²) in [5, 5.41) is 12.5. The third-order valence-electron chi connectivity index (χ3n) is 4.84. The van der Waals surface area contributed by atoms with Gasteiger partial charge in [0.15, 0.2) is 12.2 Å². The van der Waals surface area contributed by atoms with E-state index in [1.54, 1.807) is 37.4 Å². The minimum Gasteiger partial charge on any atom is -0.484 e. The topological polar surface area (TPSA) is 110 Å². The maximum atomic E-state index is 12.3. The van der Waals surface area contributed by atoms with Gasteiger partial charge in [-0.05, 0) is 35.9 Å². The van der Waals surface area contributed by atoms with Crippen molar-refractivity contribution < 1.29 is 18.7 Å². The average molecular weight is 556 g/mol. The van der Waals surface area contributed by atoms with Crippen molar-refractivity contribution in [3.8, 4) is 5.75 Å². The normalized spacial score (nSPS) is 14.7. The molecule has 2 aromatic carbocycles. The van der Waals surface area contributed by atoms with Gasteiger partial charge in [-0.15, -0.1) is 10.2 Å². The molecule has 0 aliphatic carbocycles. The molecule has 1 N–H and O–H groups in total. The molecule has 1 aliphatic heterocycles. The largest absolute Gasteiger partial charge is 0.484 e. The minimum absolute atomic E-state index is 0.119. The van der Waals surface area contributed by atoms with Crippen LogP contribution in [-0.4, -0.2) is 49.9 Å². The van der Waals surface area contributed by atoms with Crippen molar-refractivity contribution in [2.45, 2.75) is 11.0 Å². The van der Waals surface area contributed by atoms with Crippen LogP contribution in [0.15, 0.2) is 63.1 Å². The number of aromatic nitrogens is 3. The number of carbonyl (C=O) groups excluding carboxylic acids is 2. The summed E-state index contributed by atoms with van der Waals surface area (Å²) in [5.74, 6) is 0.579. The molecule has 1 aliphatic rings. The molecule has 182 valence electrons. The highest BCUT2D eigenvalue weighted by Gasteiger charge is 2.28. The van der Waals surface area contributed by atoms with Crippen molar-refractivity contribution in [2.75, 3.05) is 19.0 Å². The zero-order valence-electron chi connectivity index (χ0n) is 18.7. The van der Waals surface area contributed by atoms with Gasteiger partial charge in [0.2, 0.25) is 5.13 Å². The number of ether oxygens (including phenoxy) is 1. The van der Waals surface area contributed by atoms with Gasteiger partial charge in [-0.2, -0.15) is 0 Å². The Morgan fingerprint density at radius 2 is 2.03 bits per heavy atom. The number of nitrogens with zero attached hydrogens (tertiary/aromatic N) is 4. The van der Waals surface area contributed by atoms with Gasteiger partial charge in [-0.1, -0.05) is 71.3 Å². The van der Waals surface area contributed by atoms with Crippen LogP contribution < -0.4 is 10.1 Å². The lowest BCUT2D eigenvalue weighted by Gasteiger charge is -2.06. The predicted octanol–water partition coefficient (Wildman–Crippen LogP) is 4.82. The van der Waals surface area contributed by atoms with Crippen LogP contribution in [0.4, 0.5) is 5.13 Å². The molecule has 0 spiro atoms. The van der Waals surface area contributed by atoms with Crippen LogP contribution >= 0.6 is 47.1 Å². The molecule has 0 radical (unpaired) electrons. The Balaban J connectivity index is 1.09. The number of rotatable bonds is 8. The first-order valence-electron chi connectivity index (χ1n) is 10.5. The highest BCUT2D eigenvalue weighted by Crippen LogP contribution is 2.31. The van der Waals surface area contributed by atoms with E-state index >= 15 is 0 Å². The molecule has 3 heterocycles. The molecule has 0 bridgehead atoms. The first-order chi connectivity index (χ1) is 17.4. The van der Waals surface area contributed by atoms with Crippen LogP contribution in [0.3, 0.4) is 0 Å². The smallest absolute Gasteiger partial charge is 0.265 e. The maximum absolute atomic E-state index is 12.3. The molecule has 4 aromatic rings. The zero-order valence-corrected chi connectivity index (χ0v) is 21.9. The van der Waals surface area contributed by atoms with E-state index in [0.29, 0.717) is 31.1 Å². The Labute approximate surface area is 223 Å². The number of carbonyl (C=O) groups is 2. The van der Waals surface area contributed by atoms with Crippen LogP contribution in [-0.2, 0) is 15.3 Å². The first-order valence-corrected chi connectivity index (χ1v) is 13.5. The summed E-state index contributed by atoms with van der Waals surface area (Å²) in [4.78, 5) is 30.8. The summed E-state index contributed by atoms with van der Waals surface area (Å²) in [6.07, 6.45) is 1.77. The number of amides is 2. The van der Waals surface area contributed by atoms with Gasteiger partial charge in [0.1, 0.15) is 20.6 Å². The van der Waals surface area contributed by atoms with Crippen LogP contribution in [0.1, 0.15) is 10.6 Å². The van der Waals surface area contributed by atoms with E-state index in [1.807, 2.05) is 24.3 Å². The molecule has 36 heavy (non-hydrogen) atoms. The predicted molar refractivity (Wildman–Crippen MR) is 145 cm³/mol. The lowest BCUT2D eigenvalue weighted by molar-refractivity contribution is -0.121. The Hall–Kier alpha value is -3.26. The fraction of sp³-hybridized carbons (Fsp3) is 0.130. The van der Waals surface area contributed by atoms with Gasteiger partial charge >= 0.3 is 0 Å². The highest BCUT2D eigenvalue weighted by molar-refractivity contribution is 8.26. The van der Waals surface area contributed by atoms with E-state index in [0.717, 1.165) is 21.7 Å². The number of anilines is 1. The molecule has 0 unspecified atom stereocenters. The molecule has 2 aromatic heterocycles. The van der Waals surface area contributed by atoms with Crippen molar-refractivity contribution in [1.82, 2.24) is 20.1 Å². The molecule has 1 saturated heterocycles. The first kappa shape index (κ1) is 24.4. The summed E-state index contributed by atoms with van der Waals surface area (Å²) in [5.41, 5.74) is 2.37. The van der Waals surface area contributed by atoms with E-state index in [9.17, 15) is 9.59 Å². The Kier molecular flexibility index (Phi) is 7.32. The van der Waals surface area contributed by atoms with Crippen molar-refractivity contribution in [1.29, 1.82) is 0 Å². The van der Waals surface area contributed by atoms with Crippen molar-refractivity contribution in [3.05, 3.63) is 64.0 Å². The van der Waals surface area contributed by atoms with Gasteiger partial charge in [0, 0.05) is 7.05 Å². The molecule has 5 rings (SSSR count). The fourth-order valence-electron chi connectivity index (χ4n) is 3.06. The monoisotopic (exact) mass is 555 g/mol. The van der Waals surface area contributed by atoms with Crippen LogP contribution in [0.2, 0.25) is 0 Å². The number of fused-ring (bicyclic) bond motifs is 1. The second-order valence-corrected chi connectivity index (χ2v) is 11.0. The summed E-state index contributed by atoms with van der Waals surface area (Å²) in [7, 11) is 1.65. The van der Waals surface area contributed by atoms with Gasteiger partial charge < -0.3 is 9.15 Å². The Bertz CT molecular complexity index is 1450. The number of nitrogens with one attached hydrogen (secondary N) is 1. The fourth-order valence-corrected chi connectivity index (χ4v) is 5.82. The summed E-state index contributed by atoms with van der Waals surface area (Å²) >= 11 is 9.09. The number of benzene rings is 2. The van der Waals surface area contributed by atoms with Crippen molar-refractivity contribution in [2.24, 2.45) is 0 Å². The van der Waals surface area contributed by atoms with Crippen molar-refractivity contribution >= 4 is 85.5 Å². The molecule has 9 nitrogen and oxygen atoms in total. The number of hydrogen-bond donors (Lipinski definition) is 1. The molecule has 0 saturated carbocycles. The second kappa shape index (κ2) is 10.8. The number of hydrogen-bond acceptors (Lipinski definition) is 11. The van der Waals surface area contributed by atoms with E-state index in [-0.39, 0.29) is 18.4 Å². The molecule has 0 atom stereocenters. The Morgan fingerprint density at radius 3 is 2.78 bits per heavy atom. The molecule has 1 fully saturated rings. The Morgan fingerprint density at radius 1 is 1.22 bits per heavy atom. The lowest BCUT2D eigenvalue weighted by atomic mass is 10.2. The van der Waals surface area contributed by atoms with E-state index in [1.165, 1.54) is 39.8 Å². The van der Waals surface area contributed by atoms with Crippen LogP contribution in [0.25, 0.3) is 17.2 Å². The standard InChI is InChI=1S/C23H17N5O4S4/c1-28-20(30)17(35-23(28)33)10-13-6-8-14(9-7-13)31-11-18(29)25-21-27-26-19(36-21)12-34-22-24-15-4-2-3-5-16(15)32-22/h2-10H,11-12H2,1H3,(H,25,27,29)/b17-10-. The molecular weight excluding hydrogens is 539 g/mol. The van der Waals surface area contributed by atoms with Gasteiger partial charge in [0.25, 0.3) is 17.0 Å². The van der Waals surface area contributed by atoms with E-state index < -0.39 is 0 Å². The quantitative estimate of drug-likeness (QED) is 0.185. The second-order valence-electron chi connectivity index (χ2n) is 7.38. The van der Waals surface area contributed by atoms with Crippen LogP contribution in [0.5, 0.6) is 5.75 Å². The zero-order chi connectivity index (χ0) is 25.1. The number of likely N-dealkylation sites (N-methyl/N-ethyl adjacent to an activating group) is 1. The van der Waals surface area contributed by atoms with Gasteiger partial charge in [-0.25, -0.2) is 4.98 Å². The highest BCUT2D eigenvalue weighted by atomic mass is 32.2. The average Bonchev–Trinajstić information content (AvgIpc) is 3.57. The number of thioether (sulfide) groups is 2. The number of para-hydroxylation sites is 2. The van der Waals surface area contributed by atoms with E-state index in [4.69, 9.17) is 21.4 Å². The number of thiocarbonyl (C=S) groups is 1. The summed E-state index contributed by atoms with van der Waals surface area (Å²) in [6.45, 7) is -0.180. The van der Waals surface area contributed by atoms with Gasteiger partial charge in [0.05, 0.1) is 10.7 Å². The summed E-state index contributed by atoms with van der Waals surface area (Å²) < 4.78 is 11.8. The molecule has 2 amide bonds. The van der Waals surface area contributed by atoms with Crippen LogP contribution in [0, 0.1) is 0 Å². The van der Waals surface area contributed by atoms with Gasteiger partial charge in [-0.3, -0.25) is 19.8 Å². The lowest BCUT2D eigenvalue weighted by Crippen LogP contribution is -2.22. The SMILES string of the molecule is CN1C(=O)/C(=C/c2ccc(OCC(=O)Nc3nnc(CSc4nc5ccccc5o4)s3)cc2)SC1=S.